The van der Waals surface area contributed by atoms with Gasteiger partial charge in [-0.05, 0) is 30.7 Å². The summed E-state index contributed by atoms with van der Waals surface area (Å²) in [6, 6.07) is 15.7. The summed E-state index contributed by atoms with van der Waals surface area (Å²) in [5.74, 6) is -0.235. The van der Waals surface area contributed by atoms with Crippen molar-refractivity contribution in [3.63, 3.8) is 0 Å². The number of fused-ring (bicyclic) bond motifs is 2. The van der Waals surface area contributed by atoms with E-state index in [4.69, 9.17) is 27.9 Å². The smallest absolute Gasteiger partial charge is 0.232 e. The lowest BCUT2D eigenvalue weighted by Crippen LogP contribution is -2.27. The van der Waals surface area contributed by atoms with Crippen LogP contribution >= 0.6 is 23.2 Å². The number of aromatic nitrogens is 1. The van der Waals surface area contributed by atoms with Gasteiger partial charge in [0, 0.05) is 36.2 Å². The number of hydrogen-bond donors (Lipinski definition) is 1. The Kier molecular flexibility index (Phi) is 6.26. The van der Waals surface area contributed by atoms with E-state index in [9.17, 15) is 4.79 Å². The molecule has 0 spiro atoms. The average Bonchev–Trinajstić information content (AvgIpc) is 2.85. The second kappa shape index (κ2) is 9.36. The number of hydrogen-bond acceptors (Lipinski definition) is 4. The van der Waals surface area contributed by atoms with E-state index in [1.165, 1.54) is 6.07 Å². The Labute approximate surface area is 212 Å². The molecule has 1 amide bonds. The molecule has 5 nitrogen and oxygen atoms in total. The van der Waals surface area contributed by atoms with Crippen LogP contribution in [0.1, 0.15) is 17.9 Å². The van der Waals surface area contributed by atoms with Gasteiger partial charge in [0.2, 0.25) is 5.91 Å². The lowest BCUT2D eigenvalue weighted by atomic mass is 9.92. The number of ether oxygens (including phenoxy) is 1. The second-order valence-corrected chi connectivity index (χ2v) is 9.34. The zero-order valence-corrected chi connectivity index (χ0v) is 20.6. The van der Waals surface area contributed by atoms with Gasteiger partial charge in [0.05, 0.1) is 45.7 Å². The molecule has 0 radical (unpaired) electrons. The summed E-state index contributed by atoms with van der Waals surface area (Å²) < 4.78 is 20.8. The van der Waals surface area contributed by atoms with Crippen molar-refractivity contribution in [2.24, 2.45) is 0 Å². The second-order valence-electron chi connectivity index (χ2n) is 8.55. The van der Waals surface area contributed by atoms with Crippen LogP contribution in [0, 0.1) is 5.82 Å². The molecule has 8 heteroatoms. The topological polar surface area (TPSA) is 54.5 Å². The number of pyridine rings is 1. The molecule has 0 fully saturated rings. The first-order chi connectivity index (χ1) is 16.9. The normalized spacial score (nSPS) is 14.8. The molecule has 4 aromatic rings. The highest BCUT2D eigenvalue weighted by Crippen LogP contribution is 2.42. The first-order valence-electron chi connectivity index (χ1n) is 11.1. The predicted molar refractivity (Wildman–Crippen MR) is 139 cm³/mol. The summed E-state index contributed by atoms with van der Waals surface area (Å²) in [5.41, 5.74) is 3.24. The van der Waals surface area contributed by atoms with Crippen LogP contribution in [0.3, 0.4) is 0 Å². The number of carbonyl (C=O) groups excluding carboxylic acids is 1. The van der Waals surface area contributed by atoms with Gasteiger partial charge in [-0.25, -0.2) is 4.39 Å². The van der Waals surface area contributed by atoms with Crippen molar-refractivity contribution in [3.8, 4) is 16.9 Å². The third kappa shape index (κ3) is 4.17. The van der Waals surface area contributed by atoms with Crippen LogP contribution in [0.2, 0.25) is 10.0 Å². The first-order valence-corrected chi connectivity index (χ1v) is 11.9. The Morgan fingerprint density at radius 3 is 2.71 bits per heavy atom. The fourth-order valence-corrected chi connectivity index (χ4v) is 4.98. The number of anilines is 2. The van der Waals surface area contributed by atoms with Crippen LogP contribution in [-0.4, -0.2) is 31.6 Å². The maximum absolute atomic E-state index is 15.1. The molecule has 1 unspecified atom stereocenters. The van der Waals surface area contributed by atoms with E-state index >= 15 is 4.39 Å². The van der Waals surface area contributed by atoms with Crippen molar-refractivity contribution in [3.05, 3.63) is 82.2 Å². The monoisotopic (exact) mass is 509 g/mol. The van der Waals surface area contributed by atoms with E-state index in [1.54, 1.807) is 30.5 Å². The number of benzene rings is 3. The number of nitrogens with one attached hydrogen (secondary N) is 1. The van der Waals surface area contributed by atoms with Crippen molar-refractivity contribution < 1.29 is 13.9 Å². The Morgan fingerprint density at radius 2 is 1.91 bits per heavy atom. The van der Waals surface area contributed by atoms with Gasteiger partial charge in [-0.1, -0.05) is 53.5 Å². The minimum absolute atomic E-state index is 0.148. The van der Waals surface area contributed by atoms with Crippen LogP contribution < -0.4 is 15.0 Å². The van der Waals surface area contributed by atoms with Crippen LogP contribution in [0.4, 0.5) is 15.8 Å². The van der Waals surface area contributed by atoms with E-state index in [1.807, 2.05) is 43.3 Å². The molecule has 35 heavy (non-hydrogen) atoms. The Bertz CT molecular complexity index is 1460. The molecular formula is C27H22Cl2FN3O2. The van der Waals surface area contributed by atoms with Crippen LogP contribution in [0.5, 0.6) is 5.75 Å². The van der Waals surface area contributed by atoms with Crippen molar-refractivity contribution in [2.75, 3.05) is 30.9 Å². The first kappa shape index (κ1) is 23.4. The molecular weight excluding hydrogens is 488 g/mol. The van der Waals surface area contributed by atoms with Gasteiger partial charge in [-0.2, -0.15) is 0 Å². The zero-order chi connectivity index (χ0) is 24.7. The van der Waals surface area contributed by atoms with E-state index in [-0.39, 0.29) is 22.4 Å². The summed E-state index contributed by atoms with van der Waals surface area (Å²) >= 11 is 12.6. The fraction of sp³-hybridized carbons (Fsp3) is 0.185. The van der Waals surface area contributed by atoms with Crippen molar-refractivity contribution in [1.82, 2.24) is 4.98 Å². The Balaban J connectivity index is 1.61. The number of nitrogens with zero attached hydrogens (tertiary/aromatic N) is 2. The molecule has 5 rings (SSSR count). The Hall–Kier alpha value is -3.35. The molecule has 0 bridgehead atoms. The molecule has 0 aliphatic carbocycles. The van der Waals surface area contributed by atoms with Gasteiger partial charge in [-0.15, -0.1) is 0 Å². The van der Waals surface area contributed by atoms with Gasteiger partial charge in [0.25, 0.3) is 0 Å². The van der Waals surface area contributed by atoms with E-state index in [0.29, 0.717) is 45.9 Å². The van der Waals surface area contributed by atoms with Gasteiger partial charge in [0.1, 0.15) is 11.6 Å². The number of para-hydroxylation sites is 1. The van der Waals surface area contributed by atoms with Crippen molar-refractivity contribution in [1.29, 1.82) is 0 Å². The molecule has 0 saturated carbocycles. The highest BCUT2D eigenvalue weighted by molar-refractivity contribution is 6.44. The molecule has 178 valence electrons. The summed E-state index contributed by atoms with van der Waals surface area (Å²) in [6.45, 7) is 0.467. The summed E-state index contributed by atoms with van der Waals surface area (Å²) in [5, 5.41) is 4.30. The van der Waals surface area contributed by atoms with Gasteiger partial charge in [-0.3, -0.25) is 9.78 Å². The van der Waals surface area contributed by atoms with E-state index in [2.05, 4.69) is 10.3 Å². The lowest BCUT2D eigenvalue weighted by molar-refractivity contribution is -0.118. The fourth-order valence-electron chi connectivity index (χ4n) is 4.59. The maximum atomic E-state index is 15.1. The van der Waals surface area contributed by atoms with Crippen molar-refractivity contribution in [2.45, 2.75) is 12.3 Å². The number of amides is 1. The minimum Gasteiger partial charge on any atom is -0.493 e. The van der Waals surface area contributed by atoms with E-state index < -0.39 is 5.82 Å². The molecule has 3 aromatic carbocycles. The highest BCUT2D eigenvalue weighted by atomic mass is 35.5. The molecule has 1 aromatic heterocycles. The molecule has 1 N–H and O–H groups in total. The molecule has 0 saturated heterocycles. The summed E-state index contributed by atoms with van der Waals surface area (Å²) in [4.78, 5) is 19.8. The van der Waals surface area contributed by atoms with Gasteiger partial charge in [0.15, 0.2) is 0 Å². The highest BCUT2D eigenvalue weighted by Gasteiger charge is 2.29. The third-order valence-corrected chi connectivity index (χ3v) is 6.98. The molecule has 2 heterocycles. The maximum Gasteiger partial charge on any atom is 0.232 e. The number of halogens is 3. The lowest BCUT2D eigenvalue weighted by Gasteiger charge is -2.26. The van der Waals surface area contributed by atoms with Gasteiger partial charge < -0.3 is 15.0 Å². The predicted octanol–water partition coefficient (Wildman–Crippen LogP) is 6.92. The van der Waals surface area contributed by atoms with Crippen LogP contribution in [-0.2, 0) is 4.79 Å². The largest absolute Gasteiger partial charge is 0.493 e. The van der Waals surface area contributed by atoms with Gasteiger partial charge >= 0.3 is 0 Å². The van der Waals surface area contributed by atoms with Crippen LogP contribution in [0.15, 0.2) is 60.8 Å². The van der Waals surface area contributed by atoms with Crippen LogP contribution in [0.25, 0.3) is 22.0 Å². The molecule has 1 atom stereocenters. The number of carbonyl (C=O) groups is 1. The van der Waals surface area contributed by atoms with Crippen molar-refractivity contribution >= 4 is 51.4 Å². The quantitative estimate of drug-likeness (QED) is 0.324. The van der Waals surface area contributed by atoms with E-state index in [0.717, 1.165) is 11.3 Å². The molecule has 1 aliphatic rings. The third-order valence-electron chi connectivity index (χ3n) is 6.16. The summed E-state index contributed by atoms with van der Waals surface area (Å²) in [6.07, 6.45) is 2.13. The molecule has 1 aliphatic heterocycles. The minimum atomic E-state index is -0.463. The number of rotatable bonds is 4. The Morgan fingerprint density at radius 1 is 1.11 bits per heavy atom. The summed E-state index contributed by atoms with van der Waals surface area (Å²) in [7, 11) is 3.73. The average molecular weight is 510 g/mol. The standard InChI is InChI=1S/C27H22Cl2FN3O2/c1-33(2)26-18-10-11-20(30)23(17-7-5-8-19(28)24(17)29)25(18)31-14-21(26)32-27(34)16-12-13-35-22-9-4-3-6-15(16)22/h3-11,14,16H,12-13H2,1-2H3,(H,32,34). The zero-order valence-electron chi connectivity index (χ0n) is 19.1. The SMILES string of the molecule is CN(C)c1c(NC(=O)C2CCOc3ccccc32)cnc2c(-c3cccc(Cl)c3Cl)c(F)ccc12.